The summed E-state index contributed by atoms with van der Waals surface area (Å²) in [4.78, 5) is 9.76. The molecule has 0 radical (unpaired) electrons. The van der Waals surface area contributed by atoms with E-state index < -0.39 is 12.0 Å². The molecular weight excluding hydrogens is 126 g/mol. The van der Waals surface area contributed by atoms with Crippen LogP contribution in [0, 0.1) is 0 Å². The van der Waals surface area contributed by atoms with Crippen molar-refractivity contribution in [3.8, 4) is 0 Å². The molecule has 0 fully saturated rings. The molecule has 0 unspecified atom stereocenters. The van der Waals surface area contributed by atoms with E-state index in [0.29, 0.717) is 0 Å². The Labute approximate surface area is 54.3 Å². The first-order valence-corrected chi connectivity index (χ1v) is 2.41. The summed E-state index contributed by atoms with van der Waals surface area (Å²) in [5.41, 5.74) is 4.94. The van der Waals surface area contributed by atoms with Gasteiger partial charge in [-0.05, 0) is 0 Å². The first kappa shape index (κ1) is 10.7. The topological polar surface area (TPSA) is 63.3 Å². The zero-order chi connectivity index (χ0) is 5.86. The number of hydrogen-bond donors (Lipinski definition) is 3. The summed E-state index contributed by atoms with van der Waals surface area (Å²) in [5.74, 6) is -0.815. The largest absolute Gasteiger partial charge is 0.480 e. The maximum Gasteiger partial charge on any atom is 0.321 e. The second kappa shape index (κ2) is 4.93. The lowest BCUT2D eigenvalue weighted by Crippen LogP contribution is -2.31. The molecule has 0 saturated heterocycles. The fourth-order valence-electron chi connectivity index (χ4n) is 0.0781. The fraction of sp³-hybridized carbons (Fsp3) is 0.750. The molecule has 0 aliphatic heterocycles. The number of carboxylic acid groups (broad SMARTS) is 1. The first-order chi connectivity index (χ1) is 3.18. The smallest absolute Gasteiger partial charge is 0.321 e. The Bertz CT molecular complexity index is 76.4. The summed E-state index contributed by atoms with van der Waals surface area (Å²) in [7, 11) is 0. The molecule has 8 heavy (non-hydrogen) atoms. The Morgan fingerprint density at radius 3 is 2.25 bits per heavy atom. The van der Waals surface area contributed by atoms with Crippen LogP contribution in [0.4, 0.5) is 0 Å². The van der Waals surface area contributed by atoms with Gasteiger partial charge in [0.1, 0.15) is 6.04 Å². The Hall–Kier alpha value is -0.220. The molecule has 1 atom stereocenters. The zero-order valence-corrected chi connectivity index (χ0v) is 4.56. The van der Waals surface area contributed by atoms with Crippen LogP contribution in [0.15, 0.2) is 0 Å². The van der Waals surface area contributed by atoms with Crippen LogP contribution in [-0.2, 0) is 4.79 Å². The van der Waals surface area contributed by atoms with Gasteiger partial charge in [0, 0.05) is 5.75 Å². The Kier molecular flexibility index (Phi) is 6.59. The highest BCUT2D eigenvalue weighted by Gasteiger charge is 2.06. The molecule has 3 nitrogen and oxygen atoms in total. The van der Waals surface area contributed by atoms with Gasteiger partial charge in [-0.2, -0.15) is 12.6 Å². The molecular formula is C4H11NO2S. The number of carboxylic acids is 1. The second-order valence-electron chi connectivity index (χ2n) is 1.13. The predicted octanol–water partition coefficient (Wildman–Crippen LogP) is -0.0358. The summed E-state index contributed by atoms with van der Waals surface area (Å²) in [6.07, 6.45) is 0. The van der Waals surface area contributed by atoms with Crippen molar-refractivity contribution in [1.82, 2.24) is 0 Å². The molecule has 0 aromatic carbocycles. The Morgan fingerprint density at radius 2 is 2.25 bits per heavy atom. The lowest BCUT2D eigenvalue weighted by atomic mass is 10.4. The molecule has 0 aliphatic carbocycles. The SMILES string of the molecule is C.N[C@H](CS)C(=O)O. The van der Waals surface area contributed by atoms with Crippen molar-refractivity contribution < 1.29 is 9.90 Å². The molecule has 0 aromatic rings. The maximum atomic E-state index is 9.76. The van der Waals surface area contributed by atoms with E-state index in [4.69, 9.17) is 10.8 Å². The van der Waals surface area contributed by atoms with Crippen LogP contribution in [0.5, 0.6) is 0 Å². The Morgan fingerprint density at radius 1 is 1.88 bits per heavy atom. The molecule has 0 bridgehead atoms. The number of rotatable bonds is 2. The van der Waals surface area contributed by atoms with E-state index in [-0.39, 0.29) is 13.2 Å². The van der Waals surface area contributed by atoms with Crippen molar-refractivity contribution in [2.24, 2.45) is 5.73 Å². The molecule has 50 valence electrons. The van der Waals surface area contributed by atoms with Gasteiger partial charge in [0.15, 0.2) is 0 Å². The highest BCUT2D eigenvalue weighted by Crippen LogP contribution is 1.80. The minimum absolute atomic E-state index is 0. The van der Waals surface area contributed by atoms with Gasteiger partial charge in [0.2, 0.25) is 0 Å². The summed E-state index contributed by atoms with van der Waals surface area (Å²) < 4.78 is 0. The van der Waals surface area contributed by atoms with Crippen molar-refractivity contribution in [2.75, 3.05) is 5.75 Å². The third-order valence-electron chi connectivity index (χ3n) is 0.514. The van der Waals surface area contributed by atoms with Crippen LogP contribution < -0.4 is 5.73 Å². The average molecular weight is 137 g/mol. The summed E-state index contributed by atoms with van der Waals surface area (Å²) in [6, 6.07) is -0.816. The standard InChI is InChI=1S/C3H7NO2S.CH4/c4-2(1-7)3(5)6;/h2,7H,1,4H2,(H,5,6);1H4/t2-;/m1./s1. The van der Waals surface area contributed by atoms with Crippen molar-refractivity contribution in [2.45, 2.75) is 13.5 Å². The maximum absolute atomic E-state index is 9.76. The highest BCUT2D eigenvalue weighted by atomic mass is 32.1. The van der Waals surface area contributed by atoms with E-state index in [1.165, 1.54) is 0 Å². The predicted molar refractivity (Wildman–Crippen MR) is 36.2 cm³/mol. The summed E-state index contributed by atoms with van der Waals surface area (Å²) in [5, 5.41) is 8.01. The van der Waals surface area contributed by atoms with Crippen LogP contribution in [0.1, 0.15) is 7.43 Å². The normalized spacial score (nSPS) is 11.8. The van der Waals surface area contributed by atoms with E-state index >= 15 is 0 Å². The fourth-order valence-corrected chi connectivity index (χ4v) is 0.234. The minimum Gasteiger partial charge on any atom is -0.480 e. The van der Waals surface area contributed by atoms with Crippen LogP contribution in [0.2, 0.25) is 0 Å². The van der Waals surface area contributed by atoms with E-state index in [1.807, 2.05) is 0 Å². The van der Waals surface area contributed by atoms with Crippen molar-refractivity contribution in [1.29, 1.82) is 0 Å². The number of aliphatic carboxylic acids is 1. The van der Waals surface area contributed by atoms with Gasteiger partial charge in [-0.3, -0.25) is 4.79 Å². The number of nitrogens with two attached hydrogens (primary N) is 1. The van der Waals surface area contributed by atoms with Gasteiger partial charge in [-0.25, -0.2) is 0 Å². The van der Waals surface area contributed by atoms with Gasteiger partial charge in [0.05, 0.1) is 0 Å². The molecule has 0 aliphatic rings. The quantitative estimate of drug-likeness (QED) is 0.468. The minimum atomic E-state index is -1.00. The third-order valence-corrected chi connectivity index (χ3v) is 0.907. The van der Waals surface area contributed by atoms with E-state index in [2.05, 4.69) is 12.6 Å². The number of hydrogen-bond acceptors (Lipinski definition) is 3. The highest BCUT2D eigenvalue weighted by molar-refractivity contribution is 7.80. The molecule has 0 heterocycles. The monoisotopic (exact) mass is 137 g/mol. The van der Waals surface area contributed by atoms with Gasteiger partial charge < -0.3 is 10.8 Å². The third kappa shape index (κ3) is 3.95. The molecule has 3 N–H and O–H groups in total. The van der Waals surface area contributed by atoms with Gasteiger partial charge in [-0.15, -0.1) is 0 Å². The van der Waals surface area contributed by atoms with Gasteiger partial charge >= 0.3 is 5.97 Å². The van der Waals surface area contributed by atoms with Crippen molar-refractivity contribution >= 4 is 18.6 Å². The average Bonchev–Trinajstić information content (AvgIpc) is 1.65. The zero-order valence-electron chi connectivity index (χ0n) is 3.66. The number of thiol groups is 1. The summed E-state index contributed by atoms with van der Waals surface area (Å²) in [6.45, 7) is 0. The molecule has 0 rings (SSSR count). The van der Waals surface area contributed by atoms with Crippen molar-refractivity contribution in [3.05, 3.63) is 0 Å². The molecule has 0 amide bonds. The molecule has 4 heteroatoms. The van der Waals surface area contributed by atoms with E-state index in [9.17, 15) is 4.79 Å². The Balaban J connectivity index is 0. The summed E-state index contributed by atoms with van der Waals surface area (Å²) >= 11 is 3.65. The van der Waals surface area contributed by atoms with Crippen LogP contribution in [0.3, 0.4) is 0 Å². The number of carbonyl (C=O) groups is 1. The van der Waals surface area contributed by atoms with Gasteiger partial charge in [0.25, 0.3) is 0 Å². The molecule has 0 spiro atoms. The van der Waals surface area contributed by atoms with E-state index in [1.54, 1.807) is 0 Å². The van der Waals surface area contributed by atoms with Crippen LogP contribution in [0.25, 0.3) is 0 Å². The first-order valence-electron chi connectivity index (χ1n) is 1.77. The second-order valence-corrected chi connectivity index (χ2v) is 1.49. The lowest BCUT2D eigenvalue weighted by Gasteiger charge is -1.96. The lowest BCUT2D eigenvalue weighted by molar-refractivity contribution is -0.137. The molecule has 0 saturated carbocycles. The molecule has 0 aromatic heterocycles. The van der Waals surface area contributed by atoms with Crippen molar-refractivity contribution in [3.63, 3.8) is 0 Å². The van der Waals surface area contributed by atoms with E-state index in [0.717, 1.165) is 0 Å². The van der Waals surface area contributed by atoms with Crippen LogP contribution >= 0.6 is 12.6 Å². The van der Waals surface area contributed by atoms with Crippen LogP contribution in [-0.4, -0.2) is 22.9 Å². The van der Waals surface area contributed by atoms with Gasteiger partial charge in [-0.1, -0.05) is 7.43 Å².